The van der Waals surface area contributed by atoms with Gasteiger partial charge in [0, 0.05) is 35.6 Å². The lowest BCUT2D eigenvalue weighted by molar-refractivity contribution is 0.357. The van der Waals surface area contributed by atoms with E-state index >= 15 is 0 Å². The second-order valence-corrected chi connectivity index (χ2v) is 5.50. The van der Waals surface area contributed by atoms with Gasteiger partial charge in [-0.05, 0) is 32.4 Å². The Morgan fingerprint density at radius 3 is 2.84 bits per heavy atom. The van der Waals surface area contributed by atoms with E-state index in [4.69, 9.17) is 0 Å². The Morgan fingerprint density at radius 1 is 1.32 bits per heavy atom. The Bertz CT molecular complexity index is 502. The fraction of sp³-hybridized carbons (Fsp3) is 0.467. The minimum absolute atomic E-state index is 0.151. The van der Waals surface area contributed by atoms with E-state index in [-0.39, 0.29) is 5.54 Å². The first-order chi connectivity index (χ1) is 9.12. The Labute approximate surface area is 114 Å². The molecule has 2 rings (SSSR count). The first-order valence-electron chi connectivity index (χ1n) is 6.80. The monoisotopic (exact) mass is 258 g/mol. The van der Waals surface area contributed by atoms with Gasteiger partial charge < -0.3 is 5.32 Å². The summed E-state index contributed by atoms with van der Waals surface area (Å²) < 4.78 is 0. The highest BCUT2D eigenvalue weighted by Gasteiger charge is 2.17. The molecule has 0 atom stereocenters. The van der Waals surface area contributed by atoms with Crippen LogP contribution < -0.4 is 5.32 Å². The molecule has 4 heteroatoms. The number of rotatable bonds is 6. The Balaban J connectivity index is 2.09. The molecule has 0 aliphatic heterocycles. The van der Waals surface area contributed by atoms with Crippen molar-refractivity contribution < 1.29 is 0 Å². The molecule has 2 aromatic rings. The van der Waals surface area contributed by atoms with Crippen molar-refractivity contribution in [3.8, 4) is 11.3 Å². The Kier molecular flexibility index (Phi) is 4.32. The molecule has 2 N–H and O–H groups in total. The molecule has 19 heavy (non-hydrogen) atoms. The van der Waals surface area contributed by atoms with Gasteiger partial charge in [0.15, 0.2) is 0 Å². The van der Waals surface area contributed by atoms with Gasteiger partial charge in [-0.2, -0.15) is 5.10 Å². The third-order valence-corrected chi connectivity index (χ3v) is 3.30. The number of aromatic nitrogens is 3. The minimum Gasteiger partial charge on any atom is -0.308 e. The lowest BCUT2D eigenvalue weighted by Gasteiger charge is -2.25. The lowest BCUT2D eigenvalue weighted by atomic mass is 9.98. The van der Waals surface area contributed by atoms with Crippen LogP contribution in [0.3, 0.4) is 0 Å². The second-order valence-electron chi connectivity index (χ2n) is 5.50. The fourth-order valence-corrected chi connectivity index (χ4v) is 2.25. The van der Waals surface area contributed by atoms with E-state index in [1.165, 1.54) is 12.0 Å². The summed E-state index contributed by atoms with van der Waals surface area (Å²) in [6, 6.07) is 3.98. The van der Waals surface area contributed by atoms with Gasteiger partial charge in [-0.1, -0.05) is 13.3 Å². The summed E-state index contributed by atoms with van der Waals surface area (Å²) in [5.41, 5.74) is 3.45. The van der Waals surface area contributed by atoms with Crippen molar-refractivity contribution in [3.05, 3.63) is 36.3 Å². The minimum atomic E-state index is 0.151. The summed E-state index contributed by atoms with van der Waals surface area (Å²) in [7, 11) is 0. The van der Waals surface area contributed by atoms with Crippen LogP contribution >= 0.6 is 0 Å². The van der Waals surface area contributed by atoms with E-state index in [0.717, 1.165) is 24.2 Å². The summed E-state index contributed by atoms with van der Waals surface area (Å²) in [5, 5.41) is 10.8. The zero-order valence-corrected chi connectivity index (χ0v) is 11.9. The SMILES string of the molecule is CCCC(C)(C)NCc1cn[nH]c1-c1cccnc1. The van der Waals surface area contributed by atoms with Crippen LogP contribution in [0.1, 0.15) is 39.2 Å². The summed E-state index contributed by atoms with van der Waals surface area (Å²) in [5.74, 6) is 0. The van der Waals surface area contributed by atoms with Crippen molar-refractivity contribution in [3.63, 3.8) is 0 Å². The van der Waals surface area contributed by atoms with Gasteiger partial charge in [0.1, 0.15) is 0 Å². The zero-order valence-electron chi connectivity index (χ0n) is 11.9. The van der Waals surface area contributed by atoms with E-state index in [1.807, 2.05) is 24.5 Å². The molecule has 0 fully saturated rings. The van der Waals surface area contributed by atoms with Crippen LogP contribution in [0.15, 0.2) is 30.7 Å². The van der Waals surface area contributed by atoms with Crippen molar-refractivity contribution >= 4 is 0 Å². The lowest BCUT2D eigenvalue weighted by Crippen LogP contribution is -2.38. The van der Waals surface area contributed by atoms with Crippen LogP contribution in [0.4, 0.5) is 0 Å². The normalized spacial score (nSPS) is 11.7. The molecule has 0 aliphatic carbocycles. The van der Waals surface area contributed by atoms with Crippen molar-refractivity contribution in [2.45, 2.75) is 45.7 Å². The van der Waals surface area contributed by atoms with Gasteiger partial charge in [0.2, 0.25) is 0 Å². The predicted molar refractivity (Wildman–Crippen MR) is 77.6 cm³/mol. The molecule has 0 unspecified atom stereocenters. The van der Waals surface area contributed by atoms with E-state index in [2.05, 4.69) is 41.3 Å². The molecule has 2 aromatic heterocycles. The molecule has 4 nitrogen and oxygen atoms in total. The smallest absolute Gasteiger partial charge is 0.0710 e. The van der Waals surface area contributed by atoms with Gasteiger partial charge in [0.25, 0.3) is 0 Å². The number of aromatic amines is 1. The topological polar surface area (TPSA) is 53.6 Å². The highest BCUT2D eigenvalue weighted by molar-refractivity contribution is 5.61. The molecule has 0 amide bonds. The van der Waals surface area contributed by atoms with Crippen LogP contribution in [0.5, 0.6) is 0 Å². The quantitative estimate of drug-likeness (QED) is 0.837. The largest absolute Gasteiger partial charge is 0.308 e. The van der Waals surface area contributed by atoms with Crippen molar-refractivity contribution in [1.29, 1.82) is 0 Å². The maximum Gasteiger partial charge on any atom is 0.0710 e. The first kappa shape index (κ1) is 13.7. The van der Waals surface area contributed by atoms with Crippen LogP contribution in [-0.2, 0) is 6.54 Å². The molecule has 0 aromatic carbocycles. The molecular formula is C15H22N4. The van der Waals surface area contributed by atoms with Crippen LogP contribution in [0.2, 0.25) is 0 Å². The molecule has 0 spiro atoms. The third kappa shape index (κ3) is 3.64. The predicted octanol–water partition coefficient (Wildman–Crippen LogP) is 3.14. The fourth-order valence-electron chi connectivity index (χ4n) is 2.25. The maximum atomic E-state index is 4.15. The Morgan fingerprint density at radius 2 is 2.16 bits per heavy atom. The molecule has 102 valence electrons. The van der Waals surface area contributed by atoms with E-state index in [0.29, 0.717) is 0 Å². The number of pyridine rings is 1. The molecular weight excluding hydrogens is 236 g/mol. The molecule has 0 bridgehead atoms. The third-order valence-electron chi connectivity index (χ3n) is 3.30. The molecule has 0 saturated heterocycles. The van der Waals surface area contributed by atoms with Crippen molar-refractivity contribution in [1.82, 2.24) is 20.5 Å². The number of nitrogens with zero attached hydrogens (tertiary/aromatic N) is 2. The highest BCUT2D eigenvalue weighted by Crippen LogP contribution is 2.21. The zero-order chi connectivity index (χ0) is 13.7. The number of H-pyrrole nitrogens is 1. The molecule has 0 radical (unpaired) electrons. The summed E-state index contributed by atoms with van der Waals surface area (Å²) in [6.07, 6.45) is 7.86. The average molecular weight is 258 g/mol. The number of hydrogen-bond donors (Lipinski definition) is 2. The number of nitrogens with one attached hydrogen (secondary N) is 2. The van der Waals surface area contributed by atoms with E-state index < -0.39 is 0 Å². The van der Waals surface area contributed by atoms with Crippen LogP contribution in [0.25, 0.3) is 11.3 Å². The Hall–Kier alpha value is -1.68. The standard InChI is InChI=1S/C15H22N4/c1-4-7-15(2,3)17-10-13-11-18-19-14(13)12-6-5-8-16-9-12/h5-6,8-9,11,17H,4,7,10H2,1-3H3,(H,18,19). The summed E-state index contributed by atoms with van der Waals surface area (Å²) >= 11 is 0. The van der Waals surface area contributed by atoms with Crippen LogP contribution in [0, 0.1) is 0 Å². The molecule has 0 aliphatic rings. The van der Waals surface area contributed by atoms with Gasteiger partial charge in [0.05, 0.1) is 11.9 Å². The number of hydrogen-bond acceptors (Lipinski definition) is 3. The molecule has 0 saturated carbocycles. The van der Waals surface area contributed by atoms with Gasteiger partial charge >= 0.3 is 0 Å². The highest BCUT2D eigenvalue weighted by atomic mass is 15.1. The first-order valence-corrected chi connectivity index (χ1v) is 6.80. The van der Waals surface area contributed by atoms with Crippen molar-refractivity contribution in [2.24, 2.45) is 0 Å². The van der Waals surface area contributed by atoms with Gasteiger partial charge in [-0.15, -0.1) is 0 Å². The average Bonchev–Trinajstić information content (AvgIpc) is 2.86. The summed E-state index contributed by atoms with van der Waals surface area (Å²) in [4.78, 5) is 4.15. The van der Waals surface area contributed by atoms with E-state index in [9.17, 15) is 0 Å². The van der Waals surface area contributed by atoms with Gasteiger partial charge in [-0.3, -0.25) is 10.1 Å². The maximum absolute atomic E-state index is 4.15. The van der Waals surface area contributed by atoms with Crippen LogP contribution in [-0.4, -0.2) is 20.7 Å². The van der Waals surface area contributed by atoms with E-state index in [1.54, 1.807) is 6.20 Å². The second kappa shape index (κ2) is 5.97. The summed E-state index contributed by atoms with van der Waals surface area (Å²) in [6.45, 7) is 7.50. The van der Waals surface area contributed by atoms with Crippen molar-refractivity contribution in [2.75, 3.05) is 0 Å². The molecule has 2 heterocycles. The van der Waals surface area contributed by atoms with Gasteiger partial charge in [-0.25, -0.2) is 0 Å².